The molecule has 0 aliphatic rings. The quantitative estimate of drug-likeness (QED) is 0.235. The molecule has 7 nitrogen and oxygen atoms in total. The summed E-state index contributed by atoms with van der Waals surface area (Å²) in [4.78, 5) is 30.3. The Kier molecular flexibility index (Phi) is 10.8. The number of rotatable bonds is 14. The topological polar surface area (TPSA) is 75.0 Å². The van der Waals surface area contributed by atoms with Crippen LogP contribution in [0.4, 0.5) is 17.1 Å². The number of nitrogens with zero attached hydrogens (tertiary/aromatic N) is 2. The van der Waals surface area contributed by atoms with Crippen LogP contribution in [0.3, 0.4) is 0 Å². The van der Waals surface area contributed by atoms with E-state index in [9.17, 15) is 9.59 Å². The lowest BCUT2D eigenvalue weighted by Crippen LogP contribution is -2.46. The largest absolute Gasteiger partial charge is 0.495 e. The normalized spacial score (nSPS) is 12.2. The van der Waals surface area contributed by atoms with Gasteiger partial charge < -0.3 is 19.4 Å². The average Bonchev–Trinajstić information content (AvgIpc) is 2.91. The zero-order chi connectivity index (χ0) is 27.7. The summed E-state index contributed by atoms with van der Waals surface area (Å²) in [5, 5.41) is 4.01. The number of para-hydroxylation sites is 1. The van der Waals surface area contributed by atoms with Gasteiger partial charge in [0, 0.05) is 24.2 Å². The van der Waals surface area contributed by atoms with Crippen LogP contribution in [0.5, 0.6) is 5.75 Å². The number of ether oxygens (including phenoxy) is 1. The molecule has 7 heteroatoms. The SMILES string of the molecule is CCCCN(CCCC)[C@@H](CC(C)C)C(=O)Nc1cc(N(C)c2cc(=O)oc3ccccc23)ccc1OC. The lowest BCUT2D eigenvalue weighted by molar-refractivity contribution is -0.122. The number of fused-ring (bicyclic) bond motifs is 1. The number of anilines is 3. The standard InChI is InChI=1S/C31H43N3O4/c1-7-9-17-34(18-10-8-2)27(19-22(3)4)31(36)32-25-20-23(15-16-29(25)37-6)33(5)26-21-30(35)38-28-14-12-11-13-24(26)28/h11-16,20-22,27H,7-10,17-19H2,1-6H3,(H,32,36)/t27-/m0/s1. The van der Waals surface area contributed by atoms with Gasteiger partial charge in [0.2, 0.25) is 5.91 Å². The van der Waals surface area contributed by atoms with E-state index in [1.807, 2.05) is 48.3 Å². The Morgan fingerprint density at radius 2 is 1.71 bits per heavy atom. The lowest BCUT2D eigenvalue weighted by atomic mass is 10.0. The molecule has 0 aliphatic heterocycles. The highest BCUT2D eigenvalue weighted by Gasteiger charge is 2.27. The summed E-state index contributed by atoms with van der Waals surface area (Å²) in [6.45, 7) is 10.5. The molecule has 0 unspecified atom stereocenters. The number of nitrogens with one attached hydrogen (secondary N) is 1. The molecule has 0 bridgehead atoms. The van der Waals surface area contributed by atoms with Crippen molar-refractivity contribution in [3.05, 3.63) is 59.0 Å². The molecule has 0 saturated heterocycles. The van der Waals surface area contributed by atoms with E-state index in [2.05, 4.69) is 37.9 Å². The molecule has 1 N–H and O–H groups in total. The molecule has 3 rings (SSSR count). The van der Waals surface area contributed by atoms with E-state index in [-0.39, 0.29) is 11.9 Å². The zero-order valence-corrected chi connectivity index (χ0v) is 23.8. The molecule has 1 atom stereocenters. The van der Waals surface area contributed by atoms with Crippen molar-refractivity contribution < 1.29 is 13.9 Å². The summed E-state index contributed by atoms with van der Waals surface area (Å²) in [5.74, 6) is 0.952. The molecule has 0 saturated carbocycles. The van der Waals surface area contributed by atoms with Gasteiger partial charge in [0.1, 0.15) is 11.3 Å². The van der Waals surface area contributed by atoms with Gasteiger partial charge >= 0.3 is 5.63 Å². The summed E-state index contributed by atoms with van der Waals surface area (Å²) in [5.41, 5.74) is 2.25. The van der Waals surface area contributed by atoms with Gasteiger partial charge in [-0.25, -0.2) is 4.79 Å². The maximum absolute atomic E-state index is 13.8. The number of hydrogen-bond donors (Lipinski definition) is 1. The van der Waals surface area contributed by atoms with Crippen molar-refractivity contribution in [2.45, 2.75) is 65.8 Å². The molecule has 0 radical (unpaired) electrons. The van der Waals surface area contributed by atoms with Gasteiger partial charge in [-0.05, 0) is 68.6 Å². The summed E-state index contributed by atoms with van der Waals surface area (Å²) >= 11 is 0. The molecule has 0 fully saturated rings. The van der Waals surface area contributed by atoms with Gasteiger partial charge in [-0.2, -0.15) is 0 Å². The van der Waals surface area contributed by atoms with Crippen LogP contribution in [0, 0.1) is 5.92 Å². The number of methoxy groups -OCH3 is 1. The first-order valence-electron chi connectivity index (χ1n) is 13.8. The van der Waals surface area contributed by atoms with Crippen molar-refractivity contribution in [3.8, 4) is 5.75 Å². The lowest BCUT2D eigenvalue weighted by Gasteiger charge is -2.32. The van der Waals surface area contributed by atoms with Crippen molar-refractivity contribution in [1.29, 1.82) is 0 Å². The third kappa shape index (κ3) is 7.38. The highest BCUT2D eigenvalue weighted by molar-refractivity contribution is 5.97. The second kappa shape index (κ2) is 14.0. The van der Waals surface area contributed by atoms with Gasteiger partial charge in [0.15, 0.2) is 0 Å². The zero-order valence-electron chi connectivity index (χ0n) is 23.8. The van der Waals surface area contributed by atoms with E-state index >= 15 is 0 Å². The molecule has 38 heavy (non-hydrogen) atoms. The van der Waals surface area contributed by atoms with E-state index in [0.717, 1.165) is 62.0 Å². The van der Waals surface area contributed by atoms with Crippen molar-refractivity contribution in [3.63, 3.8) is 0 Å². The molecule has 1 amide bonds. The fourth-order valence-electron chi connectivity index (χ4n) is 4.74. The summed E-state index contributed by atoms with van der Waals surface area (Å²) in [6, 6.07) is 14.4. The Bertz CT molecular complexity index is 1250. The van der Waals surface area contributed by atoms with Gasteiger partial charge in [0.25, 0.3) is 0 Å². The number of carbonyl (C=O) groups is 1. The second-order valence-corrected chi connectivity index (χ2v) is 10.3. The van der Waals surface area contributed by atoms with Crippen LogP contribution in [0.1, 0.15) is 59.8 Å². The Balaban J connectivity index is 1.95. The van der Waals surface area contributed by atoms with E-state index in [1.54, 1.807) is 13.2 Å². The van der Waals surface area contributed by atoms with Crippen molar-refractivity contribution in [2.75, 3.05) is 37.5 Å². The van der Waals surface area contributed by atoms with Crippen LogP contribution in [0.2, 0.25) is 0 Å². The number of unbranched alkanes of at least 4 members (excludes halogenated alkanes) is 2. The summed E-state index contributed by atoms with van der Waals surface area (Å²) < 4.78 is 11.0. The van der Waals surface area contributed by atoms with Gasteiger partial charge in [-0.15, -0.1) is 0 Å². The molecule has 206 valence electrons. The molecular weight excluding hydrogens is 478 g/mol. The van der Waals surface area contributed by atoms with E-state index in [0.29, 0.717) is 22.9 Å². The van der Waals surface area contributed by atoms with Crippen molar-refractivity contribution in [2.24, 2.45) is 5.92 Å². The molecule has 0 spiro atoms. The Labute approximate surface area is 226 Å². The van der Waals surface area contributed by atoms with E-state index in [4.69, 9.17) is 9.15 Å². The minimum absolute atomic E-state index is 0.0187. The van der Waals surface area contributed by atoms with Crippen molar-refractivity contribution >= 4 is 33.9 Å². The van der Waals surface area contributed by atoms with Gasteiger partial charge in [-0.3, -0.25) is 9.69 Å². The molecule has 0 aliphatic carbocycles. The number of amides is 1. The minimum Gasteiger partial charge on any atom is -0.495 e. The first-order valence-corrected chi connectivity index (χ1v) is 13.8. The highest BCUT2D eigenvalue weighted by atomic mass is 16.5. The molecule has 1 aromatic heterocycles. The molecule has 2 aromatic carbocycles. The molecule has 1 heterocycles. The Morgan fingerprint density at radius 1 is 1.03 bits per heavy atom. The first-order chi connectivity index (χ1) is 18.3. The van der Waals surface area contributed by atoms with E-state index < -0.39 is 5.63 Å². The smallest absolute Gasteiger partial charge is 0.338 e. The highest BCUT2D eigenvalue weighted by Crippen LogP contribution is 2.35. The third-order valence-corrected chi connectivity index (χ3v) is 6.85. The number of benzene rings is 2. The minimum atomic E-state index is -0.414. The van der Waals surface area contributed by atoms with Crippen molar-refractivity contribution in [1.82, 2.24) is 4.90 Å². The van der Waals surface area contributed by atoms with Gasteiger partial charge in [-0.1, -0.05) is 52.7 Å². The molecule has 3 aromatic rings. The number of carbonyl (C=O) groups excluding carboxylic acids is 1. The fourth-order valence-corrected chi connectivity index (χ4v) is 4.74. The monoisotopic (exact) mass is 521 g/mol. The summed E-state index contributed by atoms with van der Waals surface area (Å²) in [7, 11) is 3.50. The van der Waals surface area contributed by atoms with Crippen LogP contribution >= 0.6 is 0 Å². The Hall–Kier alpha value is -3.32. The van der Waals surface area contributed by atoms with Crippen LogP contribution < -0.4 is 20.6 Å². The number of hydrogen-bond acceptors (Lipinski definition) is 6. The maximum atomic E-state index is 13.8. The van der Waals surface area contributed by atoms with E-state index in [1.165, 1.54) is 6.07 Å². The average molecular weight is 522 g/mol. The van der Waals surface area contributed by atoms with Crippen LogP contribution in [-0.2, 0) is 4.79 Å². The van der Waals surface area contributed by atoms with Crippen LogP contribution in [-0.4, -0.2) is 44.1 Å². The maximum Gasteiger partial charge on any atom is 0.338 e. The Morgan fingerprint density at radius 3 is 2.34 bits per heavy atom. The van der Waals surface area contributed by atoms with Crippen LogP contribution in [0.25, 0.3) is 11.0 Å². The third-order valence-electron chi connectivity index (χ3n) is 6.85. The van der Waals surface area contributed by atoms with Crippen LogP contribution in [0.15, 0.2) is 57.7 Å². The fraction of sp³-hybridized carbons (Fsp3) is 0.484. The predicted molar refractivity (Wildman–Crippen MR) is 157 cm³/mol. The molecular formula is C31H43N3O4. The second-order valence-electron chi connectivity index (χ2n) is 10.3. The predicted octanol–water partition coefficient (Wildman–Crippen LogP) is 6.82. The summed E-state index contributed by atoms with van der Waals surface area (Å²) in [6.07, 6.45) is 5.09. The first kappa shape index (κ1) is 29.2. The van der Waals surface area contributed by atoms with Gasteiger partial charge in [0.05, 0.1) is 24.5 Å².